The third kappa shape index (κ3) is 4.40. The van der Waals surface area contributed by atoms with Gasteiger partial charge in [-0.2, -0.15) is 0 Å². The fourth-order valence-electron chi connectivity index (χ4n) is 1.65. The Bertz CT molecular complexity index is 282. The van der Waals surface area contributed by atoms with Crippen molar-refractivity contribution in [2.24, 2.45) is 11.1 Å². The Hall–Kier alpha value is -0.930. The summed E-state index contributed by atoms with van der Waals surface area (Å²) in [5, 5.41) is 0. The number of hydrogen-bond donors (Lipinski definition) is 1. The highest BCUT2D eigenvalue weighted by Crippen LogP contribution is 2.15. The Labute approximate surface area is 92.3 Å². The molecule has 0 saturated carbocycles. The Balaban J connectivity index is 2.46. The van der Waals surface area contributed by atoms with Gasteiger partial charge >= 0.3 is 0 Å². The molecular formula is C12H21N3. The van der Waals surface area contributed by atoms with Crippen molar-refractivity contribution in [3.8, 4) is 0 Å². The van der Waals surface area contributed by atoms with Crippen LogP contribution in [-0.2, 0) is 6.54 Å². The van der Waals surface area contributed by atoms with Gasteiger partial charge in [-0.15, -0.1) is 0 Å². The van der Waals surface area contributed by atoms with Crippen molar-refractivity contribution < 1.29 is 0 Å². The minimum absolute atomic E-state index is 0.182. The van der Waals surface area contributed by atoms with Crippen LogP contribution in [0.5, 0.6) is 0 Å². The van der Waals surface area contributed by atoms with Crippen LogP contribution in [0.3, 0.4) is 0 Å². The van der Waals surface area contributed by atoms with Gasteiger partial charge in [-0.25, -0.2) is 0 Å². The Morgan fingerprint density at radius 2 is 1.93 bits per heavy atom. The van der Waals surface area contributed by atoms with E-state index in [-0.39, 0.29) is 5.41 Å². The quantitative estimate of drug-likeness (QED) is 0.795. The summed E-state index contributed by atoms with van der Waals surface area (Å²) in [6.07, 6.45) is 3.66. The average Bonchev–Trinajstić information content (AvgIpc) is 2.18. The minimum atomic E-state index is 0.182. The van der Waals surface area contributed by atoms with Crippen molar-refractivity contribution in [1.82, 2.24) is 9.88 Å². The topological polar surface area (TPSA) is 42.2 Å². The third-order valence-corrected chi connectivity index (χ3v) is 2.45. The highest BCUT2D eigenvalue weighted by atomic mass is 15.1. The number of nitrogens with two attached hydrogens (primary N) is 1. The molecule has 15 heavy (non-hydrogen) atoms. The maximum atomic E-state index is 5.71. The van der Waals surface area contributed by atoms with Gasteiger partial charge in [0, 0.05) is 25.5 Å². The zero-order valence-electron chi connectivity index (χ0n) is 9.90. The lowest BCUT2D eigenvalue weighted by molar-refractivity contribution is 0.210. The van der Waals surface area contributed by atoms with E-state index in [1.807, 2.05) is 24.5 Å². The van der Waals surface area contributed by atoms with Gasteiger partial charge in [0.15, 0.2) is 0 Å². The molecule has 0 bridgehead atoms. The van der Waals surface area contributed by atoms with Crippen LogP contribution in [0, 0.1) is 5.41 Å². The van der Waals surface area contributed by atoms with Crippen LogP contribution in [0.1, 0.15) is 19.4 Å². The highest BCUT2D eigenvalue weighted by molar-refractivity contribution is 5.09. The standard InChI is InChI=1S/C12H21N3/c1-12(2,9-13)10-15(3)8-11-4-6-14-7-5-11/h4-7H,8-10,13H2,1-3H3. The molecule has 0 radical (unpaired) electrons. The Morgan fingerprint density at radius 1 is 1.33 bits per heavy atom. The molecule has 0 spiro atoms. The Morgan fingerprint density at radius 3 is 2.47 bits per heavy atom. The van der Waals surface area contributed by atoms with Crippen molar-refractivity contribution in [3.63, 3.8) is 0 Å². The van der Waals surface area contributed by atoms with Crippen LogP contribution in [0.2, 0.25) is 0 Å². The Kier molecular flexibility index (Phi) is 4.24. The van der Waals surface area contributed by atoms with Crippen LogP contribution in [0.4, 0.5) is 0 Å². The summed E-state index contributed by atoms with van der Waals surface area (Å²) in [6.45, 7) is 7.05. The van der Waals surface area contributed by atoms with Crippen LogP contribution in [0.15, 0.2) is 24.5 Å². The SMILES string of the molecule is CN(Cc1ccncc1)CC(C)(C)CN. The highest BCUT2D eigenvalue weighted by Gasteiger charge is 2.17. The number of hydrogen-bond acceptors (Lipinski definition) is 3. The predicted molar refractivity (Wildman–Crippen MR) is 63.4 cm³/mol. The molecule has 3 heteroatoms. The number of nitrogens with zero attached hydrogens (tertiary/aromatic N) is 2. The number of aromatic nitrogens is 1. The van der Waals surface area contributed by atoms with E-state index >= 15 is 0 Å². The van der Waals surface area contributed by atoms with Gasteiger partial charge in [0.05, 0.1) is 0 Å². The molecule has 0 saturated heterocycles. The molecule has 1 aromatic rings. The second-order valence-electron chi connectivity index (χ2n) is 4.90. The molecule has 0 atom stereocenters. The molecule has 0 amide bonds. The first kappa shape index (κ1) is 12.1. The lowest BCUT2D eigenvalue weighted by Crippen LogP contribution is -2.36. The van der Waals surface area contributed by atoms with E-state index in [1.165, 1.54) is 5.56 Å². The number of rotatable bonds is 5. The van der Waals surface area contributed by atoms with Crippen molar-refractivity contribution in [3.05, 3.63) is 30.1 Å². The van der Waals surface area contributed by atoms with Crippen LogP contribution >= 0.6 is 0 Å². The molecule has 0 aliphatic carbocycles. The predicted octanol–water partition coefficient (Wildman–Crippen LogP) is 1.50. The van der Waals surface area contributed by atoms with Crippen LogP contribution in [-0.4, -0.2) is 30.0 Å². The molecule has 3 nitrogen and oxygen atoms in total. The van der Waals surface area contributed by atoms with E-state index in [2.05, 4.69) is 30.8 Å². The third-order valence-electron chi connectivity index (χ3n) is 2.45. The van der Waals surface area contributed by atoms with Crippen LogP contribution in [0.25, 0.3) is 0 Å². The zero-order chi connectivity index (χ0) is 11.3. The van der Waals surface area contributed by atoms with Crippen molar-refractivity contribution in [1.29, 1.82) is 0 Å². The maximum Gasteiger partial charge on any atom is 0.0271 e. The van der Waals surface area contributed by atoms with E-state index in [0.29, 0.717) is 6.54 Å². The van der Waals surface area contributed by atoms with E-state index in [1.54, 1.807) is 0 Å². The summed E-state index contributed by atoms with van der Waals surface area (Å²) in [6, 6.07) is 4.10. The van der Waals surface area contributed by atoms with Crippen molar-refractivity contribution in [2.45, 2.75) is 20.4 Å². The summed E-state index contributed by atoms with van der Waals surface area (Å²) in [5.41, 5.74) is 7.19. The first-order valence-electron chi connectivity index (χ1n) is 5.31. The van der Waals surface area contributed by atoms with E-state index in [4.69, 9.17) is 5.73 Å². The lowest BCUT2D eigenvalue weighted by atomic mass is 9.93. The minimum Gasteiger partial charge on any atom is -0.330 e. The second kappa shape index (κ2) is 5.24. The molecule has 0 unspecified atom stereocenters. The molecule has 0 aliphatic heterocycles. The molecule has 2 N–H and O–H groups in total. The normalized spacial score (nSPS) is 12.1. The van der Waals surface area contributed by atoms with Gasteiger partial charge in [-0.05, 0) is 36.7 Å². The van der Waals surface area contributed by atoms with Gasteiger partial charge in [0.1, 0.15) is 0 Å². The molecule has 1 heterocycles. The van der Waals surface area contributed by atoms with Crippen molar-refractivity contribution in [2.75, 3.05) is 20.1 Å². The molecule has 1 rings (SSSR count). The fraction of sp³-hybridized carbons (Fsp3) is 0.583. The van der Waals surface area contributed by atoms with Crippen LogP contribution < -0.4 is 5.73 Å². The summed E-state index contributed by atoms with van der Waals surface area (Å²) >= 11 is 0. The van der Waals surface area contributed by atoms with Gasteiger partial charge in [-0.1, -0.05) is 13.8 Å². The van der Waals surface area contributed by atoms with Gasteiger partial charge in [0.25, 0.3) is 0 Å². The summed E-state index contributed by atoms with van der Waals surface area (Å²) in [4.78, 5) is 6.30. The molecule has 84 valence electrons. The zero-order valence-corrected chi connectivity index (χ0v) is 9.90. The van der Waals surface area contributed by atoms with Gasteiger partial charge in [0.2, 0.25) is 0 Å². The average molecular weight is 207 g/mol. The monoisotopic (exact) mass is 207 g/mol. The molecule has 1 aromatic heterocycles. The van der Waals surface area contributed by atoms with Gasteiger partial charge in [-0.3, -0.25) is 4.98 Å². The largest absolute Gasteiger partial charge is 0.330 e. The van der Waals surface area contributed by atoms with Gasteiger partial charge < -0.3 is 10.6 Å². The molecular weight excluding hydrogens is 186 g/mol. The number of pyridine rings is 1. The van der Waals surface area contributed by atoms with Crippen molar-refractivity contribution >= 4 is 0 Å². The second-order valence-corrected chi connectivity index (χ2v) is 4.90. The molecule has 0 aromatic carbocycles. The van der Waals surface area contributed by atoms with E-state index in [9.17, 15) is 0 Å². The molecule has 0 fully saturated rings. The maximum absolute atomic E-state index is 5.71. The lowest BCUT2D eigenvalue weighted by Gasteiger charge is -2.28. The first-order valence-corrected chi connectivity index (χ1v) is 5.31. The first-order chi connectivity index (χ1) is 7.03. The fourth-order valence-corrected chi connectivity index (χ4v) is 1.65. The molecule has 0 aliphatic rings. The summed E-state index contributed by atoms with van der Waals surface area (Å²) in [5.74, 6) is 0. The smallest absolute Gasteiger partial charge is 0.0271 e. The summed E-state index contributed by atoms with van der Waals surface area (Å²) < 4.78 is 0. The van der Waals surface area contributed by atoms with E-state index in [0.717, 1.165) is 13.1 Å². The van der Waals surface area contributed by atoms with E-state index < -0.39 is 0 Å². The summed E-state index contributed by atoms with van der Waals surface area (Å²) in [7, 11) is 2.12.